The molecular weight excluding hydrogens is 308 g/mol. The van der Waals surface area contributed by atoms with Crippen LogP contribution in [0.15, 0.2) is 35.7 Å². The number of aryl methyl sites for hydroxylation is 1. The molecule has 0 aliphatic carbocycles. The van der Waals surface area contributed by atoms with Crippen LogP contribution < -0.4 is 5.32 Å². The number of carbonyl (C=O) groups excluding carboxylic acids is 2. The van der Waals surface area contributed by atoms with Gasteiger partial charge in [0, 0.05) is 30.0 Å². The van der Waals surface area contributed by atoms with Gasteiger partial charge in [-0.25, -0.2) is 0 Å². The summed E-state index contributed by atoms with van der Waals surface area (Å²) in [7, 11) is 0. The molecule has 23 heavy (non-hydrogen) atoms. The zero-order chi connectivity index (χ0) is 16.2. The van der Waals surface area contributed by atoms with Gasteiger partial charge in [-0.2, -0.15) is 0 Å². The van der Waals surface area contributed by atoms with Crippen molar-refractivity contribution in [3.05, 3.63) is 57.3 Å². The second-order valence-electron chi connectivity index (χ2n) is 5.83. The summed E-state index contributed by atoms with van der Waals surface area (Å²) in [6.07, 6.45) is 1.57. The molecule has 5 heteroatoms. The van der Waals surface area contributed by atoms with Crippen molar-refractivity contribution in [2.45, 2.75) is 32.9 Å². The first-order valence-corrected chi connectivity index (χ1v) is 8.69. The Bertz CT molecular complexity index is 723. The minimum absolute atomic E-state index is 0.0765. The first kappa shape index (κ1) is 15.7. The molecule has 1 aromatic heterocycles. The van der Waals surface area contributed by atoms with Gasteiger partial charge in [0.15, 0.2) is 0 Å². The third kappa shape index (κ3) is 3.79. The Balaban J connectivity index is 1.63. The first-order valence-electron chi connectivity index (χ1n) is 7.81. The van der Waals surface area contributed by atoms with Gasteiger partial charge in [0.25, 0.3) is 5.91 Å². The smallest absolute Gasteiger partial charge is 0.251 e. The van der Waals surface area contributed by atoms with Gasteiger partial charge in [0.2, 0.25) is 5.91 Å². The third-order valence-electron chi connectivity index (χ3n) is 4.11. The molecule has 2 heterocycles. The van der Waals surface area contributed by atoms with Crippen molar-refractivity contribution in [3.8, 4) is 0 Å². The van der Waals surface area contributed by atoms with Gasteiger partial charge in [-0.15, -0.1) is 11.3 Å². The predicted octanol–water partition coefficient (Wildman–Crippen LogP) is 3.11. The van der Waals surface area contributed by atoms with Crippen LogP contribution in [0.25, 0.3) is 0 Å². The van der Waals surface area contributed by atoms with Crippen LogP contribution in [0.4, 0.5) is 0 Å². The van der Waals surface area contributed by atoms with Crippen LogP contribution in [0.2, 0.25) is 0 Å². The molecule has 2 aromatic rings. The number of rotatable bonds is 5. The standard InChI is InChI=1S/C18H20N2O2S/c1-13-7-9-23-16(13)11-19-18(22)15-5-2-4-14(10-15)12-20-8-3-6-17(20)21/h2,4-5,7,9-10H,3,6,8,11-12H2,1H3,(H,19,22). The van der Waals surface area contributed by atoms with Gasteiger partial charge in [-0.1, -0.05) is 12.1 Å². The molecule has 1 N–H and O–H groups in total. The molecule has 4 nitrogen and oxygen atoms in total. The van der Waals surface area contributed by atoms with Crippen LogP contribution in [-0.2, 0) is 17.9 Å². The number of nitrogens with zero attached hydrogens (tertiary/aromatic N) is 1. The van der Waals surface area contributed by atoms with Crippen LogP contribution in [0.1, 0.15) is 39.2 Å². The fraction of sp³-hybridized carbons (Fsp3) is 0.333. The van der Waals surface area contributed by atoms with E-state index in [1.165, 1.54) is 10.4 Å². The normalized spacial score (nSPS) is 14.3. The monoisotopic (exact) mass is 328 g/mol. The van der Waals surface area contributed by atoms with Crippen LogP contribution in [0.3, 0.4) is 0 Å². The lowest BCUT2D eigenvalue weighted by Crippen LogP contribution is -2.25. The van der Waals surface area contributed by atoms with Crippen molar-refractivity contribution >= 4 is 23.2 Å². The lowest BCUT2D eigenvalue weighted by molar-refractivity contribution is -0.128. The number of carbonyl (C=O) groups is 2. The van der Waals surface area contributed by atoms with Gasteiger partial charge < -0.3 is 10.2 Å². The van der Waals surface area contributed by atoms with E-state index < -0.39 is 0 Å². The van der Waals surface area contributed by atoms with E-state index in [0.29, 0.717) is 25.1 Å². The number of hydrogen-bond donors (Lipinski definition) is 1. The van der Waals surface area contributed by atoms with Crippen molar-refractivity contribution < 1.29 is 9.59 Å². The Labute approximate surface area is 140 Å². The van der Waals surface area contributed by atoms with E-state index in [-0.39, 0.29) is 11.8 Å². The number of hydrogen-bond acceptors (Lipinski definition) is 3. The average Bonchev–Trinajstić information content (AvgIpc) is 3.14. The van der Waals surface area contributed by atoms with Crippen molar-refractivity contribution in [1.82, 2.24) is 10.2 Å². The summed E-state index contributed by atoms with van der Waals surface area (Å²) in [6.45, 7) is 4.00. The summed E-state index contributed by atoms with van der Waals surface area (Å²) in [5, 5.41) is 4.99. The zero-order valence-corrected chi connectivity index (χ0v) is 14.0. The molecule has 1 aliphatic heterocycles. The topological polar surface area (TPSA) is 49.4 Å². The highest BCUT2D eigenvalue weighted by Gasteiger charge is 2.20. The Kier molecular flexibility index (Phi) is 4.76. The molecule has 1 aliphatic rings. The lowest BCUT2D eigenvalue weighted by atomic mass is 10.1. The van der Waals surface area contributed by atoms with Crippen LogP contribution in [0, 0.1) is 6.92 Å². The Morgan fingerprint density at radius 1 is 1.35 bits per heavy atom. The van der Waals surface area contributed by atoms with Crippen LogP contribution in [-0.4, -0.2) is 23.3 Å². The molecule has 120 valence electrons. The molecule has 0 atom stereocenters. The van der Waals surface area contributed by atoms with Gasteiger partial charge >= 0.3 is 0 Å². The summed E-state index contributed by atoms with van der Waals surface area (Å²) >= 11 is 1.65. The SMILES string of the molecule is Cc1ccsc1CNC(=O)c1cccc(CN2CCCC2=O)c1. The summed E-state index contributed by atoms with van der Waals surface area (Å²) in [5.74, 6) is 0.125. The summed E-state index contributed by atoms with van der Waals surface area (Å²) in [5.41, 5.74) is 2.85. The molecule has 3 rings (SSSR count). The number of thiophene rings is 1. The van der Waals surface area contributed by atoms with Crippen molar-refractivity contribution in [2.24, 2.45) is 0 Å². The van der Waals surface area contributed by atoms with E-state index in [1.54, 1.807) is 11.3 Å². The van der Waals surface area contributed by atoms with Crippen molar-refractivity contribution in [2.75, 3.05) is 6.54 Å². The number of amides is 2. The highest BCUT2D eigenvalue weighted by atomic mass is 32.1. The second-order valence-corrected chi connectivity index (χ2v) is 6.83. The van der Waals surface area contributed by atoms with Gasteiger partial charge in [-0.3, -0.25) is 9.59 Å². The van der Waals surface area contributed by atoms with E-state index >= 15 is 0 Å². The molecule has 1 aromatic carbocycles. The molecular formula is C18H20N2O2S. The van der Waals surface area contributed by atoms with E-state index in [1.807, 2.05) is 41.5 Å². The van der Waals surface area contributed by atoms with E-state index in [4.69, 9.17) is 0 Å². The maximum Gasteiger partial charge on any atom is 0.251 e. The van der Waals surface area contributed by atoms with Gasteiger partial charge in [-0.05, 0) is 48.1 Å². The molecule has 1 saturated heterocycles. The third-order valence-corrected chi connectivity index (χ3v) is 5.13. The summed E-state index contributed by atoms with van der Waals surface area (Å²) < 4.78 is 0. The summed E-state index contributed by atoms with van der Waals surface area (Å²) in [4.78, 5) is 27.1. The zero-order valence-electron chi connectivity index (χ0n) is 13.2. The van der Waals surface area contributed by atoms with E-state index in [0.717, 1.165) is 18.5 Å². The Morgan fingerprint density at radius 2 is 2.22 bits per heavy atom. The van der Waals surface area contributed by atoms with Crippen molar-refractivity contribution in [3.63, 3.8) is 0 Å². The molecule has 0 spiro atoms. The fourth-order valence-electron chi connectivity index (χ4n) is 2.75. The molecule has 0 radical (unpaired) electrons. The largest absolute Gasteiger partial charge is 0.347 e. The van der Waals surface area contributed by atoms with Crippen molar-refractivity contribution in [1.29, 1.82) is 0 Å². The Hall–Kier alpha value is -2.14. The maximum atomic E-state index is 12.3. The number of nitrogens with one attached hydrogen (secondary N) is 1. The maximum absolute atomic E-state index is 12.3. The molecule has 0 saturated carbocycles. The average molecular weight is 328 g/mol. The summed E-state index contributed by atoms with van der Waals surface area (Å²) in [6, 6.07) is 9.58. The quantitative estimate of drug-likeness (QED) is 0.917. The predicted molar refractivity (Wildman–Crippen MR) is 91.3 cm³/mol. The van der Waals surface area contributed by atoms with Crippen LogP contribution in [0.5, 0.6) is 0 Å². The molecule has 0 bridgehead atoms. The highest BCUT2D eigenvalue weighted by molar-refractivity contribution is 7.10. The lowest BCUT2D eigenvalue weighted by Gasteiger charge is -2.16. The number of benzene rings is 1. The highest BCUT2D eigenvalue weighted by Crippen LogP contribution is 2.17. The van der Waals surface area contributed by atoms with Gasteiger partial charge in [0.1, 0.15) is 0 Å². The fourth-order valence-corrected chi connectivity index (χ4v) is 3.60. The van der Waals surface area contributed by atoms with Crippen LogP contribution >= 0.6 is 11.3 Å². The molecule has 1 fully saturated rings. The second kappa shape index (κ2) is 6.96. The molecule has 2 amide bonds. The minimum Gasteiger partial charge on any atom is -0.347 e. The minimum atomic E-state index is -0.0765. The van der Waals surface area contributed by atoms with E-state index in [9.17, 15) is 9.59 Å². The first-order chi connectivity index (χ1) is 11.1. The Morgan fingerprint density at radius 3 is 2.91 bits per heavy atom. The number of likely N-dealkylation sites (tertiary alicyclic amines) is 1. The van der Waals surface area contributed by atoms with E-state index in [2.05, 4.69) is 11.4 Å². The van der Waals surface area contributed by atoms with Gasteiger partial charge in [0.05, 0.1) is 6.54 Å². The molecule has 0 unspecified atom stereocenters.